The fraction of sp³-hybridized carbons (Fsp3) is 0.0833. The van der Waals surface area contributed by atoms with Crippen molar-refractivity contribution in [1.29, 1.82) is 0 Å². The minimum absolute atomic E-state index is 0.561. The van der Waals surface area contributed by atoms with Crippen LogP contribution in [-0.2, 0) is 6.54 Å². The van der Waals surface area contributed by atoms with Gasteiger partial charge in [0.25, 0.3) is 0 Å². The van der Waals surface area contributed by atoms with E-state index in [2.05, 4.69) is 41.2 Å². The van der Waals surface area contributed by atoms with Crippen molar-refractivity contribution in [1.82, 2.24) is 25.0 Å². The third-order valence-electron chi connectivity index (χ3n) is 2.41. The van der Waals surface area contributed by atoms with Gasteiger partial charge in [-0.25, -0.2) is 14.7 Å². The van der Waals surface area contributed by atoms with Crippen LogP contribution in [0.25, 0.3) is 0 Å². The zero-order valence-corrected chi connectivity index (χ0v) is 12.6. The van der Waals surface area contributed by atoms with E-state index in [1.165, 1.54) is 17.7 Å². The summed E-state index contributed by atoms with van der Waals surface area (Å²) in [6, 6.07) is 7.89. The Hall–Kier alpha value is -1.93. The third kappa shape index (κ3) is 3.34. The normalized spacial score (nSPS) is 11.2. The molecule has 0 saturated heterocycles. The van der Waals surface area contributed by atoms with E-state index < -0.39 is 0 Å². The molecule has 2 aromatic heterocycles. The average molecular weight is 349 g/mol. The van der Waals surface area contributed by atoms with Crippen molar-refractivity contribution in [2.24, 2.45) is 4.99 Å². The number of nitrogens with zero attached hydrogens (tertiary/aromatic N) is 6. The minimum Gasteiger partial charge on any atom is -0.246 e. The largest absolute Gasteiger partial charge is 0.246 e. The van der Waals surface area contributed by atoms with Gasteiger partial charge in [0.05, 0.1) is 6.54 Å². The van der Waals surface area contributed by atoms with Crippen molar-refractivity contribution in [2.45, 2.75) is 6.54 Å². The number of hydrogen-bond donors (Lipinski definition) is 0. The van der Waals surface area contributed by atoms with Gasteiger partial charge < -0.3 is 0 Å². The number of rotatable bonds is 4. The summed E-state index contributed by atoms with van der Waals surface area (Å²) in [5.74, 6) is 0. The van der Waals surface area contributed by atoms with E-state index in [-0.39, 0.29) is 0 Å². The molecule has 0 aliphatic carbocycles. The lowest BCUT2D eigenvalue weighted by Gasteiger charge is -1.92. The quantitative estimate of drug-likeness (QED) is 0.679. The van der Waals surface area contributed by atoms with Crippen LogP contribution in [0.1, 0.15) is 10.6 Å². The summed E-state index contributed by atoms with van der Waals surface area (Å²) in [4.78, 5) is 8.20. The molecule has 0 radical (unpaired) electrons. The molecule has 0 aliphatic heterocycles. The molecular weight excluding hydrogens is 340 g/mol. The van der Waals surface area contributed by atoms with E-state index in [0.29, 0.717) is 11.7 Å². The van der Waals surface area contributed by atoms with E-state index in [0.717, 1.165) is 15.0 Å². The number of aromatic nitrogens is 5. The van der Waals surface area contributed by atoms with Crippen molar-refractivity contribution in [3.8, 4) is 0 Å². The van der Waals surface area contributed by atoms with Gasteiger partial charge in [-0.3, -0.25) is 0 Å². The van der Waals surface area contributed by atoms with Crippen LogP contribution in [-0.4, -0.2) is 31.2 Å². The predicted octanol–water partition coefficient (Wildman–Crippen LogP) is 2.69. The lowest BCUT2D eigenvalue weighted by Crippen LogP contribution is -1.99. The van der Waals surface area contributed by atoms with E-state index in [4.69, 9.17) is 0 Å². The fourth-order valence-corrected chi connectivity index (χ4v) is 2.43. The molecule has 6 nitrogen and oxygen atoms in total. The van der Waals surface area contributed by atoms with Crippen molar-refractivity contribution in [3.63, 3.8) is 0 Å². The molecule has 0 fully saturated rings. The highest BCUT2D eigenvalue weighted by atomic mass is 79.9. The maximum atomic E-state index is 4.32. The van der Waals surface area contributed by atoms with Crippen LogP contribution in [0.5, 0.6) is 0 Å². The zero-order valence-electron chi connectivity index (χ0n) is 10.2. The van der Waals surface area contributed by atoms with E-state index in [1.807, 2.05) is 24.3 Å². The molecule has 2 heterocycles. The fourth-order valence-electron chi connectivity index (χ4n) is 1.49. The van der Waals surface area contributed by atoms with Crippen molar-refractivity contribution in [2.75, 3.05) is 0 Å². The number of benzene rings is 1. The molecule has 100 valence electrons. The molecule has 0 aliphatic rings. The lowest BCUT2D eigenvalue weighted by molar-refractivity contribution is 0.675. The molecule has 3 aromatic rings. The van der Waals surface area contributed by atoms with Crippen molar-refractivity contribution < 1.29 is 0 Å². The molecule has 0 unspecified atom stereocenters. The van der Waals surface area contributed by atoms with Crippen LogP contribution in [0.2, 0.25) is 0 Å². The molecule has 0 bridgehead atoms. The van der Waals surface area contributed by atoms with E-state index in [9.17, 15) is 0 Å². The van der Waals surface area contributed by atoms with Gasteiger partial charge in [-0.15, -0.1) is 10.2 Å². The Morgan fingerprint density at radius 1 is 1.25 bits per heavy atom. The molecule has 0 spiro atoms. The SMILES string of the molecule is Brc1ccc(/C=N/c2nnc(Cn3cncn3)s2)cc1. The van der Waals surface area contributed by atoms with Gasteiger partial charge >= 0.3 is 0 Å². The molecule has 3 rings (SSSR count). The standard InChI is InChI=1S/C12H9BrN6S/c13-10-3-1-9(2-4-10)5-15-12-18-17-11(20-12)6-19-8-14-7-16-19/h1-5,7-8H,6H2/b15-5+. The summed E-state index contributed by atoms with van der Waals surface area (Å²) in [5.41, 5.74) is 1.02. The summed E-state index contributed by atoms with van der Waals surface area (Å²) in [6.07, 6.45) is 4.91. The van der Waals surface area contributed by atoms with E-state index in [1.54, 1.807) is 17.2 Å². The van der Waals surface area contributed by atoms with Crippen LogP contribution >= 0.6 is 27.3 Å². The average Bonchev–Trinajstić information content (AvgIpc) is 3.11. The van der Waals surface area contributed by atoms with Crippen LogP contribution < -0.4 is 0 Å². The molecule has 0 amide bonds. The summed E-state index contributed by atoms with van der Waals surface area (Å²) in [5, 5.41) is 13.6. The van der Waals surface area contributed by atoms with Crippen LogP contribution in [0, 0.1) is 0 Å². The van der Waals surface area contributed by atoms with Gasteiger partial charge in [0.1, 0.15) is 17.7 Å². The first-order valence-electron chi connectivity index (χ1n) is 5.74. The topological polar surface area (TPSA) is 68.8 Å². The molecule has 0 N–H and O–H groups in total. The van der Waals surface area contributed by atoms with Gasteiger partial charge in [-0.2, -0.15) is 5.10 Å². The molecule has 8 heteroatoms. The van der Waals surface area contributed by atoms with Crippen LogP contribution in [0.3, 0.4) is 0 Å². The zero-order chi connectivity index (χ0) is 13.8. The molecule has 0 saturated carbocycles. The summed E-state index contributed by atoms with van der Waals surface area (Å²) < 4.78 is 2.74. The maximum absolute atomic E-state index is 4.32. The van der Waals surface area contributed by atoms with Gasteiger partial charge in [0.2, 0.25) is 5.13 Å². The maximum Gasteiger partial charge on any atom is 0.231 e. The Morgan fingerprint density at radius 3 is 2.85 bits per heavy atom. The first-order valence-corrected chi connectivity index (χ1v) is 7.35. The first kappa shape index (κ1) is 13.1. The highest BCUT2D eigenvalue weighted by molar-refractivity contribution is 9.10. The minimum atomic E-state index is 0.561. The Kier molecular flexibility index (Phi) is 3.93. The second-order valence-corrected chi connectivity index (χ2v) is 5.84. The Bertz CT molecular complexity index is 704. The van der Waals surface area contributed by atoms with Crippen molar-refractivity contribution >= 4 is 38.6 Å². The molecular formula is C12H9BrN6S. The van der Waals surface area contributed by atoms with Crippen molar-refractivity contribution in [3.05, 3.63) is 52.0 Å². The second-order valence-electron chi connectivity index (χ2n) is 3.88. The third-order valence-corrected chi connectivity index (χ3v) is 3.76. The molecule has 20 heavy (non-hydrogen) atoms. The number of aliphatic imine (C=N–C) groups is 1. The van der Waals surface area contributed by atoms with Gasteiger partial charge in [-0.1, -0.05) is 39.4 Å². The van der Waals surface area contributed by atoms with Gasteiger partial charge in [-0.05, 0) is 17.7 Å². The van der Waals surface area contributed by atoms with Gasteiger partial charge in [0, 0.05) is 10.7 Å². The lowest BCUT2D eigenvalue weighted by atomic mass is 10.2. The second kappa shape index (κ2) is 6.02. The molecule has 0 atom stereocenters. The number of halogens is 1. The Balaban J connectivity index is 1.69. The number of hydrogen-bond acceptors (Lipinski definition) is 6. The highest BCUT2D eigenvalue weighted by Gasteiger charge is 2.03. The van der Waals surface area contributed by atoms with Crippen LogP contribution in [0.4, 0.5) is 5.13 Å². The first-order chi connectivity index (χ1) is 9.79. The highest BCUT2D eigenvalue weighted by Crippen LogP contribution is 2.19. The summed E-state index contributed by atoms with van der Waals surface area (Å²) in [7, 11) is 0. The summed E-state index contributed by atoms with van der Waals surface area (Å²) in [6.45, 7) is 0.561. The Labute approximate surface area is 127 Å². The molecule has 1 aromatic carbocycles. The monoisotopic (exact) mass is 348 g/mol. The Morgan fingerprint density at radius 2 is 2.10 bits per heavy atom. The smallest absolute Gasteiger partial charge is 0.231 e. The van der Waals surface area contributed by atoms with Crippen LogP contribution in [0.15, 0.2) is 46.4 Å². The summed E-state index contributed by atoms with van der Waals surface area (Å²) >= 11 is 4.83. The predicted molar refractivity (Wildman–Crippen MR) is 80.4 cm³/mol. The van der Waals surface area contributed by atoms with Gasteiger partial charge in [0.15, 0.2) is 0 Å². The van der Waals surface area contributed by atoms with E-state index >= 15 is 0 Å².